The Bertz CT molecular complexity index is 809. The van der Waals surface area contributed by atoms with E-state index >= 15 is 0 Å². The highest BCUT2D eigenvalue weighted by Crippen LogP contribution is 2.44. The number of halogens is 4. The summed E-state index contributed by atoms with van der Waals surface area (Å²) < 4.78 is 43.5. The van der Waals surface area contributed by atoms with E-state index in [1.807, 2.05) is 12.1 Å². The largest absolute Gasteiger partial charge is 0.469 e. The van der Waals surface area contributed by atoms with Crippen LogP contribution in [0.15, 0.2) is 33.2 Å². The van der Waals surface area contributed by atoms with Crippen molar-refractivity contribution in [3.63, 3.8) is 0 Å². The minimum atomic E-state index is -4.41. The lowest BCUT2D eigenvalue weighted by atomic mass is 9.95. The highest BCUT2D eigenvalue weighted by atomic mass is 127. The van der Waals surface area contributed by atoms with Crippen molar-refractivity contribution in [3.8, 4) is 0 Å². The Morgan fingerprint density at radius 3 is 2.79 bits per heavy atom. The molecule has 2 aromatic heterocycles. The number of alkyl halides is 3. The summed E-state index contributed by atoms with van der Waals surface area (Å²) in [4.78, 5) is 8.16. The van der Waals surface area contributed by atoms with E-state index in [9.17, 15) is 13.2 Å². The molecule has 2 aromatic rings. The molecule has 2 N–H and O–H groups in total. The summed E-state index contributed by atoms with van der Waals surface area (Å²) in [5.74, 6) is 2.97. The average molecular weight is 540 g/mol. The van der Waals surface area contributed by atoms with Gasteiger partial charge < -0.3 is 15.1 Å². The molecule has 0 radical (unpaired) electrons. The molecule has 2 aliphatic rings. The lowest BCUT2D eigenvalue weighted by molar-refractivity contribution is -0.140. The van der Waals surface area contributed by atoms with Crippen molar-refractivity contribution >= 4 is 41.3 Å². The van der Waals surface area contributed by atoms with Gasteiger partial charge in [-0.05, 0) is 43.2 Å². The van der Waals surface area contributed by atoms with Gasteiger partial charge in [-0.1, -0.05) is 6.42 Å². The molecule has 2 heterocycles. The van der Waals surface area contributed by atoms with E-state index in [1.165, 1.54) is 19.3 Å². The quantitative estimate of drug-likeness (QED) is 0.313. The van der Waals surface area contributed by atoms with Crippen molar-refractivity contribution in [3.05, 3.63) is 40.2 Å². The van der Waals surface area contributed by atoms with Crippen molar-refractivity contribution in [2.45, 2.75) is 50.9 Å². The van der Waals surface area contributed by atoms with Gasteiger partial charge in [-0.15, -0.1) is 35.3 Å². The molecule has 0 amide bonds. The summed E-state index contributed by atoms with van der Waals surface area (Å²) in [5.41, 5.74) is -0.851. The maximum Gasteiger partial charge on any atom is 0.434 e. The van der Waals surface area contributed by atoms with Crippen molar-refractivity contribution in [1.29, 1.82) is 0 Å². The van der Waals surface area contributed by atoms with Gasteiger partial charge >= 0.3 is 6.18 Å². The fourth-order valence-electron chi connectivity index (χ4n) is 4.17. The maximum atomic E-state index is 12.7. The van der Waals surface area contributed by atoms with Gasteiger partial charge in [0.05, 0.1) is 12.8 Å². The van der Waals surface area contributed by atoms with E-state index < -0.39 is 11.9 Å². The number of hydrogen-bond donors (Lipinski definition) is 2. The predicted octanol–water partition coefficient (Wildman–Crippen LogP) is 4.84. The first-order valence-corrected chi connectivity index (χ1v) is 10.4. The Morgan fingerprint density at radius 2 is 2.17 bits per heavy atom. The molecule has 3 atom stereocenters. The van der Waals surface area contributed by atoms with E-state index in [0.717, 1.165) is 34.8 Å². The van der Waals surface area contributed by atoms with Crippen LogP contribution >= 0.6 is 35.3 Å². The molecular formula is C19H24F3IN4OS. The fraction of sp³-hybridized carbons (Fsp3) is 0.579. The Kier molecular flexibility index (Phi) is 7.47. The number of aliphatic imine (C=N–C) groups is 1. The number of nitrogens with one attached hydrogen (secondary N) is 2. The van der Waals surface area contributed by atoms with Crippen LogP contribution < -0.4 is 10.6 Å². The number of hydrogen-bond acceptors (Lipinski definition) is 4. The number of thiazole rings is 1. The zero-order valence-corrected chi connectivity index (χ0v) is 18.9. The van der Waals surface area contributed by atoms with E-state index in [4.69, 9.17) is 4.42 Å². The first-order chi connectivity index (χ1) is 13.5. The molecular weight excluding hydrogens is 516 g/mol. The summed E-state index contributed by atoms with van der Waals surface area (Å²) in [6.45, 7) is 0.753. The summed E-state index contributed by atoms with van der Waals surface area (Å²) in [5, 5.41) is 8.18. The molecule has 29 heavy (non-hydrogen) atoms. The Hall–Kier alpha value is -1.30. The van der Waals surface area contributed by atoms with Crippen LogP contribution in [0.5, 0.6) is 0 Å². The van der Waals surface area contributed by atoms with Gasteiger partial charge in [0.1, 0.15) is 10.8 Å². The summed E-state index contributed by atoms with van der Waals surface area (Å²) in [7, 11) is 0. The highest BCUT2D eigenvalue weighted by Gasteiger charge is 2.39. The van der Waals surface area contributed by atoms with E-state index in [2.05, 4.69) is 20.6 Å². The number of rotatable bonds is 6. The predicted molar refractivity (Wildman–Crippen MR) is 116 cm³/mol. The summed E-state index contributed by atoms with van der Waals surface area (Å²) >= 11 is 0.986. The number of nitrogens with zero attached hydrogens (tertiary/aromatic N) is 2. The SMILES string of the molecule is FC(F)(F)c1csc(CN=C(NCCc2ccco2)NC2CC3CCC2C3)n1.I. The second kappa shape index (κ2) is 9.67. The molecule has 10 heteroatoms. The van der Waals surface area contributed by atoms with Gasteiger partial charge in [0, 0.05) is 24.4 Å². The van der Waals surface area contributed by atoms with Crippen molar-refractivity contribution in [2.24, 2.45) is 16.8 Å². The zero-order valence-electron chi connectivity index (χ0n) is 15.7. The zero-order chi connectivity index (χ0) is 19.6. The molecule has 2 bridgehead atoms. The van der Waals surface area contributed by atoms with Crippen molar-refractivity contribution in [2.75, 3.05) is 6.54 Å². The normalized spacial score (nSPS) is 23.8. The van der Waals surface area contributed by atoms with E-state index in [-0.39, 0.29) is 30.5 Å². The standard InChI is InChI=1S/C19H23F3N4OS.HI/c20-19(21,22)16-11-28-17(26-16)10-24-18(23-6-5-14-2-1-7-27-14)25-15-9-12-3-4-13(15)8-12;/h1-2,7,11-13,15H,3-6,8-10H2,(H2,23,24,25);1H. The molecule has 3 unspecified atom stereocenters. The van der Waals surface area contributed by atoms with Crippen LogP contribution in [-0.4, -0.2) is 23.5 Å². The lowest BCUT2D eigenvalue weighted by Crippen LogP contribution is -2.46. The Labute approximate surface area is 188 Å². The monoisotopic (exact) mass is 540 g/mol. The smallest absolute Gasteiger partial charge is 0.434 e. The lowest BCUT2D eigenvalue weighted by Gasteiger charge is -2.25. The Balaban J connectivity index is 0.00000240. The Morgan fingerprint density at radius 1 is 1.31 bits per heavy atom. The highest BCUT2D eigenvalue weighted by molar-refractivity contribution is 14.0. The number of fused-ring (bicyclic) bond motifs is 2. The van der Waals surface area contributed by atoms with Crippen LogP contribution in [0.2, 0.25) is 0 Å². The van der Waals surface area contributed by atoms with Crippen LogP contribution in [0, 0.1) is 11.8 Å². The van der Waals surface area contributed by atoms with Crippen LogP contribution in [0.25, 0.3) is 0 Å². The third-order valence-corrected chi connectivity index (χ3v) is 6.35. The fourth-order valence-corrected chi connectivity index (χ4v) is 4.89. The second-order valence-electron chi connectivity index (χ2n) is 7.47. The van der Waals surface area contributed by atoms with Gasteiger partial charge in [0.25, 0.3) is 0 Å². The second-order valence-corrected chi connectivity index (χ2v) is 8.41. The molecule has 160 valence electrons. The summed E-state index contributed by atoms with van der Waals surface area (Å²) in [6, 6.07) is 4.14. The molecule has 5 nitrogen and oxygen atoms in total. The van der Waals surface area contributed by atoms with Crippen LogP contribution in [-0.2, 0) is 19.1 Å². The first-order valence-electron chi connectivity index (χ1n) is 9.56. The third-order valence-electron chi connectivity index (χ3n) is 5.52. The average Bonchev–Trinajstić information content (AvgIpc) is 3.43. The van der Waals surface area contributed by atoms with Crippen LogP contribution in [0.4, 0.5) is 13.2 Å². The van der Waals surface area contributed by atoms with Crippen LogP contribution in [0.1, 0.15) is 42.1 Å². The molecule has 2 fully saturated rings. The van der Waals surface area contributed by atoms with Crippen LogP contribution in [0.3, 0.4) is 0 Å². The minimum Gasteiger partial charge on any atom is -0.469 e. The van der Waals surface area contributed by atoms with Gasteiger partial charge in [0.15, 0.2) is 11.7 Å². The van der Waals surface area contributed by atoms with Crippen molar-refractivity contribution < 1.29 is 17.6 Å². The minimum absolute atomic E-state index is 0. The summed E-state index contributed by atoms with van der Waals surface area (Å²) in [6.07, 6.45) is 2.88. The number of aromatic nitrogens is 1. The van der Waals surface area contributed by atoms with Crippen molar-refractivity contribution in [1.82, 2.24) is 15.6 Å². The van der Waals surface area contributed by atoms with E-state index in [0.29, 0.717) is 35.9 Å². The maximum absolute atomic E-state index is 12.7. The molecule has 0 saturated heterocycles. The molecule has 2 saturated carbocycles. The molecule has 4 rings (SSSR count). The van der Waals surface area contributed by atoms with Gasteiger partial charge in [-0.25, -0.2) is 9.98 Å². The van der Waals surface area contributed by atoms with Gasteiger partial charge in [-0.3, -0.25) is 0 Å². The molecule has 0 spiro atoms. The molecule has 2 aliphatic carbocycles. The first kappa shape index (κ1) is 22.4. The topological polar surface area (TPSA) is 62.5 Å². The van der Waals surface area contributed by atoms with Gasteiger partial charge in [0.2, 0.25) is 0 Å². The third kappa shape index (κ3) is 5.87. The van der Waals surface area contributed by atoms with E-state index in [1.54, 1.807) is 6.26 Å². The molecule has 0 aliphatic heterocycles. The molecule has 0 aromatic carbocycles. The number of furan rings is 1. The van der Waals surface area contributed by atoms with Gasteiger partial charge in [-0.2, -0.15) is 13.2 Å². The number of guanidine groups is 1.